The molecule has 0 atom stereocenters. The van der Waals surface area contributed by atoms with E-state index >= 15 is 0 Å². The van der Waals surface area contributed by atoms with Gasteiger partial charge in [0.15, 0.2) is 0 Å². The van der Waals surface area contributed by atoms with Crippen LogP contribution in [0.1, 0.15) is 5.56 Å². The second kappa shape index (κ2) is 5.38. The van der Waals surface area contributed by atoms with Crippen molar-refractivity contribution in [3.8, 4) is 6.07 Å². The monoisotopic (exact) mass is 324 g/mol. The number of hydrogen-bond acceptors (Lipinski definition) is 2. The highest BCUT2D eigenvalue weighted by Gasteiger charge is 2.06. The van der Waals surface area contributed by atoms with E-state index in [-0.39, 0.29) is 5.69 Å². The second-order valence-electron chi connectivity index (χ2n) is 3.56. The molecule has 2 aromatic carbocycles. The van der Waals surface area contributed by atoms with Crippen molar-refractivity contribution in [3.05, 3.63) is 57.3 Å². The van der Waals surface area contributed by atoms with Gasteiger partial charge in [-0.2, -0.15) is 5.26 Å². The minimum absolute atomic E-state index is 0.285. The Hall–Kier alpha value is -1.57. The molecule has 0 amide bonds. The normalized spacial score (nSPS) is 9.89. The topological polar surface area (TPSA) is 35.8 Å². The van der Waals surface area contributed by atoms with Crippen molar-refractivity contribution in [2.45, 2.75) is 0 Å². The number of nitriles is 1. The number of hydrogen-bond donors (Lipinski definition) is 1. The molecule has 0 saturated carbocycles. The van der Waals surface area contributed by atoms with E-state index in [0.717, 1.165) is 0 Å². The van der Waals surface area contributed by atoms with Gasteiger partial charge >= 0.3 is 0 Å². The van der Waals surface area contributed by atoms with Gasteiger partial charge in [-0.25, -0.2) is 4.39 Å². The van der Waals surface area contributed by atoms with Gasteiger partial charge in [0.2, 0.25) is 0 Å². The molecule has 0 unspecified atom stereocenters. The molecule has 0 bridgehead atoms. The third-order valence-electron chi connectivity index (χ3n) is 2.30. The van der Waals surface area contributed by atoms with Crippen molar-refractivity contribution in [3.63, 3.8) is 0 Å². The smallest absolute Gasteiger partial charge is 0.146 e. The first-order valence-corrected chi connectivity index (χ1v) is 6.19. The summed E-state index contributed by atoms with van der Waals surface area (Å²) >= 11 is 9.13. The lowest BCUT2D eigenvalue weighted by atomic mass is 10.2. The molecule has 0 heterocycles. The molecule has 0 spiro atoms. The van der Waals surface area contributed by atoms with Gasteiger partial charge in [0.25, 0.3) is 0 Å². The quantitative estimate of drug-likeness (QED) is 0.856. The average Bonchev–Trinajstić information content (AvgIpc) is 2.36. The molecule has 2 nitrogen and oxygen atoms in total. The number of halogens is 3. The summed E-state index contributed by atoms with van der Waals surface area (Å²) in [6, 6.07) is 11.3. The lowest BCUT2D eigenvalue weighted by Crippen LogP contribution is -1.95. The number of rotatable bonds is 2. The number of nitrogens with one attached hydrogen (secondary N) is 1. The number of nitrogens with zero attached hydrogens (tertiary/aromatic N) is 1. The Morgan fingerprint density at radius 2 is 1.94 bits per heavy atom. The van der Waals surface area contributed by atoms with Crippen LogP contribution < -0.4 is 5.32 Å². The van der Waals surface area contributed by atoms with Crippen molar-refractivity contribution in [1.29, 1.82) is 5.26 Å². The average molecular weight is 326 g/mol. The fraction of sp³-hybridized carbons (Fsp3) is 0. The maximum absolute atomic E-state index is 13.5. The first-order chi connectivity index (χ1) is 8.60. The summed E-state index contributed by atoms with van der Waals surface area (Å²) in [5.41, 5.74) is 1.47. The van der Waals surface area contributed by atoms with Gasteiger partial charge in [0.05, 0.1) is 23.0 Å². The Morgan fingerprint density at radius 1 is 1.17 bits per heavy atom. The Labute approximate surface area is 117 Å². The summed E-state index contributed by atoms with van der Waals surface area (Å²) in [7, 11) is 0. The molecule has 0 radical (unpaired) electrons. The molecule has 2 rings (SSSR count). The molecule has 90 valence electrons. The molecule has 2 aromatic rings. The highest BCUT2D eigenvalue weighted by molar-refractivity contribution is 9.10. The Balaban J connectivity index is 2.34. The Bertz CT molecular complexity index is 637. The van der Waals surface area contributed by atoms with Crippen LogP contribution in [0.25, 0.3) is 0 Å². The fourth-order valence-electron chi connectivity index (χ4n) is 1.42. The van der Waals surface area contributed by atoms with Gasteiger partial charge in [-0.1, -0.05) is 11.6 Å². The summed E-state index contributed by atoms with van der Waals surface area (Å²) in [6.07, 6.45) is 0. The molecule has 18 heavy (non-hydrogen) atoms. The molecule has 1 N–H and O–H groups in total. The third kappa shape index (κ3) is 2.81. The maximum atomic E-state index is 13.5. The van der Waals surface area contributed by atoms with Crippen LogP contribution in [-0.4, -0.2) is 0 Å². The summed E-state index contributed by atoms with van der Waals surface area (Å²) in [5, 5.41) is 12.1. The largest absolute Gasteiger partial charge is 0.352 e. The van der Waals surface area contributed by atoms with Crippen LogP contribution in [0.15, 0.2) is 40.9 Å². The van der Waals surface area contributed by atoms with Gasteiger partial charge in [-0.3, -0.25) is 0 Å². The van der Waals surface area contributed by atoms with Gasteiger partial charge < -0.3 is 5.32 Å². The van der Waals surface area contributed by atoms with Crippen LogP contribution in [0.5, 0.6) is 0 Å². The van der Waals surface area contributed by atoms with E-state index in [2.05, 4.69) is 21.2 Å². The van der Waals surface area contributed by atoms with Gasteiger partial charge in [-0.15, -0.1) is 0 Å². The van der Waals surface area contributed by atoms with E-state index in [1.807, 2.05) is 6.07 Å². The molecule has 0 aliphatic heterocycles. The van der Waals surface area contributed by atoms with E-state index in [0.29, 0.717) is 20.7 Å². The number of anilines is 2. The molecule has 0 saturated heterocycles. The zero-order valence-electron chi connectivity index (χ0n) is 9.05. The van der Waals surface area contributed by atoms with Crippen LogP contribution in [0.4, 0.5) is 15.8 Å². The second-order valence-corrected chi connectivity index (χ2v) is 4.85. The van der Waals surface area contributed by atoms with Crippen molar-refractivity contribution in [1.82, 2.24) is 0 Å². The van der Waals surface area contributed by atoms with Crippen LogP contribution >= 0.6 is 27.5 Å². The van der Waals surface area contributed by atoms with Crippen LogP contribution in [0, 0.1) is 17.1 Å². The van der Waals surface area contributed by atoms with Crippen LogP contribution in [-0.2, 0) is 0 Å². The zero-order valence-corrected chi connectivity index (χ0v) is 11.4. The molecule has 0 aromatic heterocycles. The summed E-state index contributed by atoms with van der Waals surface area (Å²) in [6.45, 7) is 0. The van der Waals surface area contributed by atoms with Gasteiger partial charge in [0.1, 0.15) is 5.82 Å². The highest BCUT2D eigenvalue weighted by atomic mass is 79.9. The summed E-state index contributed by atoms with van der Waals surface area (Å²) in [4.78, 5) is 0. The van der Waals surface area contributed by atoms with Crippen molar-refractivity contribution in [2.24, 2.45) is 0 Å². The van der Waals surface area contributed by atoms with Crippen LogP contribution in [0.3, 0.4) is 0 Å². The standard InChI is InChI=1S/C13H7BrClFN2/c14-10-5-8(7-17)1-4-12(10)18-13-6-9(15)2-3-11(13)16/h1-6,18H. The molecule has 0 fully saturated rings. The maximum Gasteiger partial charge on any atom is 0.146 e. The van der Waals surface area contributed by atoms with E-state index in [1.54, 1.807) is 18.2 Å². The fourth-order valence-corrected chi connectivity index (χ4v) is 2.07. The van der Waals surface area contributed by atoms with Crippen molar-refractivity contribution < 1.29 is 4.39 Å². The van der Waals surface area contributed by atoms with Crippen molar-refractivity contribution in [2.75, 3.05) is 5.32 Å². The molecular formula is C13H7BrClFN2. The van der Waals surface area contributed by atoms with Crippen LogP contribution in [0.2, 0.25) is 5.02 Å². The first kappa shape index (κ1) is 12.9. The van der Waals surface area contributed by atoms with E-state index in [9.17, 15) is 4.39 Å². The van der Waals surface area contributed by atoms with Crippen molar-refractivity contribution >= 4 is 38.9 Å². The third-order valence-corrected chi connectivity index (χ3v) is 3.19. The minimum atomic E-state index is -0.393. The SMILES string of the molecule is N#Cc1ccc(Nc2cc(Cl)ccc2F)c(Br)c1. The molecule has 0 aliphatic carbocycles. The Kier molecular flexibility index (Phi) is 3.85. The lowest BCUT2D eigenvalue weighted by molar-refractivity contribution is 0.632. The molecule has 5 heteroatoms. The van der Waals surface area contributed by atoms with Gasteiger partial charge in [-0.05, 0) is 52.3 Å². The first-order valence-electron chi connectivity index (χ1n) is 5.02. The van der Waals surface area contributed by atoms with E-state index < -0.39 is 5.82 Å². The highest BCUT2D eigenvalue weighted by Crippen LogP contribution is 2.29. The van der Waals surface area contributed by atoms with Gasteiger partial charge in [0, 0.05) is 9.50 Å². The summed E-state index contributed by atoms with van der Waals surface area (Å²) in [5.74, 6) is -0.393. The number of benzene rings is 2. The van der Waals surface area contributed by atoms with E-state index in [1.165, 1.54) is 18.2 Å². The summed E-state index contributed by atoms with van der Waals surface area (Å²) < 4.78 is 14.2. The predicted molar refractivity (Wildman–Crippen MR) is 73.5 cm³/mol. The molecular weight excluding hydrogens is 319 g/mol. The Morgan fingerprint density at radius 3 is 2.61 bits per heavy atom. The predicted octanol–water partition coefficient (Wildman–Crippen LogP) is 4.86. The minimum Gasteiger partial charge on any atom is -0.352 e. The zero-order chi connectivity index (χ0) is 13.1. The lowest BCUT2D eigenvalue weighted by Gasteiger charge is -2.10. The van der Waals surface area contributed by atoms with E-state index in [4.69, 9.17) is 16.9 Å². The molecule has 0 aliphatic rings.